The normalized spacial score (nSPS) is 12.3. The van der Waals surface area contributed by atoms with Gasteiger partial charge in [-0.25, -0.2) is 0 Å². The molecular formula is C15H18N2O. The highest BCUT2D eigenvalue weighted by molar-refractivity contribution is 5.28. The van der Waals surface area contributed by atoms with Crippen LogP contribution in [0.4, 0.5) is 0 Å². The smallest absolute Gasteiger partial charge is 0.115 e. The number of aromatic nitrogens is 1. The summed E-state index contributed by atoms with van der Waals surface area (Å²) in [5.41, 5.74) is 2.44. The number of nitrogens with zero attached hydrogens (tertiary/aromatic N) is 1. The number of likely N-dealkylation sites (N-methyl/N-ethyl adjacent to an activating group) is 1. The lowest BCUT2D eigenvalue weighted by Gasteiger charge is -2.18. The van der Waals surface area contributed by atoms with E-state index in [1.807, 2.05) is 36.7 Å². The van der Waals surface area contributed by atoms with Crippen molar-refractivity contribution in [1.29, 1.82) is 0 Å². The first-order valence-electron chi connectivity index (χ1n) is 6.21. The maximum atomic E-state index is 9.29. The molecule has 0 saturated heterocycles. The van der Waals surface area contributed by atoms with Crippen LogP contribution >= 0.6 is 0 Å². The minimum Gasteiger partial charge on any atom is -0.508 e. The number of hydrogen-bond donors (Lipinski definition) is 2. The summed E-state index contributed by atoms with van der Waals surface area (Å²) in [5, 5.41) is 12.8. The third-order valence-corrected chi connectivity index (χ3v) is 2.94. The maximum Gasteiger partial charge on any atom is 0.115 e. The zero-order valence-corrected chi connectivity index (χ0v) is 10.5. The molecule has 1 unspecified atom stereocenters. The van der Waals surface area contributed by atoms with Crippen LogP contribution in [0.5, 0.6) is 5.75 Å². The molecule has 0 amide bonds. The van der Waals surface area contributed by atoms with Crippen molar-refractivity contribution in [2.24, 2.45) is 0 Å². The second-order valence-electron chi connectivity index (χ2n) is 4.26. The molecule has 0 bridgehead atoms. The topological polar surface area (TPSA) is 45.1 Å². The lowest BCUT2D eigenvalue weighted by Crippen LogP contribution is -2.22. The van der Waals surface area contributed by atoms with Gasteiger partial charge in [-0.3, -0.25) is 4.98 Å². The first kappa shape index (κ1) is 12.6. The summed E-state index contributed by atoms with van der Waals surface area (Å²) < 4.78 is 0. The van der Waals surface area contributed by atoms with Crippen molar-refractivity contribution >= 4 is 0 Å². The van der Waals surface area contributed by atoms with Crippen molar-refractivity contribution in [3.05, 3.63) is 59.9 Å². The molecular weight excluding hydrogens is 224 g/mol. The number of benzene rings is 1. The van der Waals surface area contributed by atoms with Crippen LogP contribution in [0.1, 0.15) is 24.1 Å². The van der Waals surface area contributed by atoms with Crippen molar-refractivity contribution in [2.45, 2.75) is 19.4 Å². The fourth-order valence-electron chi connectivity index (χ4n) is 2.02. The summed E-state index contributed by atoms with van der Waals surface area (Å²) in [6.45, 7) is 3.02. The minimum absolute atomic E-state index is 0.280. The molecule has 1 atom stereocenters. The largest absolute Gasteiger partial charge is 0.508 e. The second-order valence-corrected chi connectivity index (χ2v) is 4.26. The molecule has 1 aromatic carbocycles. The number of phenolic OH excluding ortho intramolecular Hbond substituents is 1. The van der Waals surface area contributed by atoms with E-state index in [9.17, 15) is 5.11 Å². The van der Waals surface area contributed by atoms with Crippen molar-refractivity contribution < 1.29 is 5.11 Å². The van der Waals surface area contributed by atoms with Crippen LogP contribution in [0.15, 0.2) is 48.8 Å². The zero-order chi connectivity index (χ0) is 12.8. The molecule has 2 rings (SSSR count). The quantitative estimate of drug-likeness (QED) is 0.847. The molecule has 2 aromatic rings. The molecule has 3 nitrogen and oxygen atoms in total. The highest BCUT2D eigenvalue weighted by atomic mass is 16.3. The van der Waals surface area contributed by atoms with Crippen molar-refractivity contribution in [3.63, 3.8) is 0 Å². The lowest BCUT2D eigenvalue weighted by atomic mass is 9.99. The van der Waals surface area contributed by atoms with Gasteiger partial charge in [0.15, 0.2) is 0 Å². The van der Waals surface area contributed by atoms with Crippen molar-refractivity contribution in [3.8, 4) is 5.75 Å². The van der Waals surface area contributed by atoms with Gasteiger partial charge in [0.2, 0.25) is 0 Å². The molecule has 0 aliphatic carbocycles. The van der Waals surface area contributed by atoms with E-state index < -0.39 is 0 Å². The van der Waals surface area contributed by atoms with E-state index in [0.717, 1.165) is 13.0 Å². The molecule has 0 aliphatic rings. The van der Waals surface area contributed by atoms with Gasteiger partial charge in [0.05, 0.1) is 0 Å². The Hall–Kier alpha value is -1.87. The predicted octanol–water partition coefficient (Wildman–Crippen LogP) is 2.68. The Morgan fingerprint density at radius 2 is 1.78 bits per heavy atom. The van der Waals surface area contributed by atoms with Gasteiger partial charge in [0.25, 0.3) is 0 Å². The third-order valence-electron chi connectivity index (χ3n) is 2.94. The standard InChI is InChI=1S/C15H18N2O/c1-2-17-15(13-7-9-16-10-8-13)11-12-3-5-14(18)6-4-12/h3-10,15,17-18H,2,11H2,1H3. The van der Waals surface area contributed by atoms with Gasteiger partial charge in [-0.2, -0.15) is 0 Å². The van der Waals surface area contributed by atoms with Gasteiger partial charge < -0.3 is 10.4 Å². The van der Waals surface area contributed by atoms with Gasteiger partial charge in [-0.05, 0) is 48.4 Å². The number of rotatable bonds is 5. The molecule has 1 heterocycles. The molecule has 0 fully saturated rings. The Morgan fingerprint density at radius 1 is 1.11 bits per heavy atom. The first-order valence-corrected chi connectivity index (χ1v) is 6.21. The Labute approximate surface area is 108 Å². The summed E-state index contributed by atoms with van der Waals surface area (Å²) in [4.78, 5) is 4.05. The average Bonchev–Trinajstić information content (AvgIpc) is 2.42. The monoisotopic (exact) mass is 242 g/mol. The van der Waals surface area contributed by atoms with Crippen LogP contribution in [0, 0.1) is 0 Å². The van der Waals surface area contributed by atoms with E-state index in [1.54, 1.807) is 12.1 Å². The molecule has 0 spiro atoms. The SMILES string of the molecule is CCNC(Cc1ccc(O)cc1)c1ccncc1. The summed E-state index contributed by atoms with van der Waals surface area (Å²) in [7, 11) is 0. The number of hydrogen-bond acceptors (Lipinski definition) is 3. The Balaban J connectivity index is 2.14. The highest BCUT2D eigenvalue weighted by Gasteiger charge is 2.10. The molecule has 0 radical (unpaired) electrons. The minimum atomic E-state index is 0.280. The van der Waals surface area contributed by atoms with E-state index in [1.165, 1.54) is 11.1 Å². The van der Waals surface area contributed by atoms with E-state index in [-0.39, 0.29) is 6.04 Å². The Morgan fingerprint density at radius 3 is 2.39 bits per heavy atom. The third kappa shape index (κ3) is 3.31. The van der Waals surface area contributed by atoms with Gasteiger partial charge >= 0.3 is 0 Å². The molecule has 94 valence electrons. The molecule has 18 heavy (non-hydrogen) atoms. The number of pyridine rings is 1. The average molecular weight is 242 g/mol. The summed E-state index contributed by atoms with van der Waals surface area (Å²) in [6.07, 6.45) is 4.53. The van der Waals surface area contributed by atoms with Crippen molar-refractivity contribution in [2.75, 3.05) is 6.54 Å². The summed E-state index contributed by atoms with van der Waals surface area (Å²) in [6, 6.07) is 11.7. The van der Waals surface area contributed by atoms with Crippen LogP contribution in [0.2, 0.25) is 0 Å². The molecule has 1 aromatic heterocycles. The van der Waals surface area contributed by atoms with Crippen LogP contribution < -0.4 is 5.32 Å². The fourth-order valence-corrected chi connectivity index (χ4v) is 2.02. The Bertz CT molecular complexity index is 468. The van der Waals surface area contributed by atoms with Crippen LogP contribution in [0.3, 0.4) is 0 Å². The molecule has 2 N–H and O–H groups in total. The molecule has 0 aliphatic heterocycles. The fraction of sp³-hybridized carbons (Fsp3) is 0.267. The highest BCUT2D eigenvalue weighted by Crippen LogP contribution is 2.19. The zero-order valence-electron chi connectivity index (χ0n) is 10.5. The number of nitrogens with one attached hydrogen (secondary N) is 1. The predicted molar refractivity (Wildman–Crippen MR) is 72.5 cm³/mol. The van der Waals surface area contributed by atoms with E-state index in [4.69, 9.17) is 0 Å². The Kier molecular flexibility index (Phi) is 4.31. The lowest BCUT2D eigenvalue weighted by molar-refractivity contribution is 0.474. The van der Waals surface area contributed by atoms with E-state index in [2.05, 4.69) is 17.2 Å². The number of phenols is 1. The van der Waals surface area contributed by atoms with Crippen molar-refractivity contribution in [1.82, 2.24) is 10.3 Å². The molecule has 0 saturated carbocycles. The summed E-state index contributed by atoms with van der Waals surface area (Å²) in [5.74, 6) is 0.308. The second kappa shape index (κ2) is 6.17. The van der Waals surface area contributed by atoms with Gasteiger partial charge in [0.1, 0.15) is 5.75 Å². The van der Waals surface area contributed by atoms with Crippen LogP contribution in [0.25, 0.3) is 0 Å². The van der Waals surface area contributed by atoms with E-state index >= 15 is 0 Å². The van der Waals surface area contributed by atoms with Crippen LogP contribution in [-0.2, 0) is 6.42 Å². The first-order chi connectivity index (χ1) is 8.79. The maximum absolute atomic E-state index is 9.29. The number of aromatic hydroxyl groups is 1. The van der Waals surface area contributed by atoms with Gasteiger partial charge in [-0.1, -0.05) is 19.1 Å². The van der Waals surface area contributed by atoms with Crippen LogP contribution in [-0.4, -0.2) is 16.6 Å². The van der Waals surface area contributed by atoms with Gasteiger partial charge in [0, 0.05) is 18.4 Å². The molecule has 3 heteroatoms. The van der Waals surface area contributed by atoms with E-state index in [0.29, 0.717) is 5.75 Å². The summed E-state index contributed by atoms with van der Waals surface area (Å²) >= 11 is 0. The van der Waals surface area contributed by atoms with Gasteiger partial charge in [-0.15, -0.1) is 0 Å².